The quantitative estimate of drug-likeness (QED) is 0.439. The first kappa shape index (κ1) is 21.7. The van der Waals surface area contributed by atoms with Crippen LogP contribution in [0.4, 0.5) is 0 Å². The highest BCUT2D eigenvalue weighted by molar-refractivity contribution is 5.77. The fourth-order valence-corrected chi connectivity index (χ4v) is 7.13. The molecule has 1 aliphatic heterocycles. The Balaban J connectivity index is 1.50. The van der Waals surface area contributed by atoms with Crippen molar-refractivity contribution in [1.29, 1.82) is 0 Å². The fourth-order valence-electron chi connectivity index (χ4n) is 7.13. The third-order valence-electron chi connectivity index (χ3n) is 8.78. The van der Waals surface area contributed by atoms with Crippen LogP contribution in [0.3, 0.4) is 0 Å². The summed E-state index contributed by atoms with van der Waals surface area (Å²) in [6, 6.07) is 2.16. The number of hydrogen-bond donors (Lipinski definition) is 0. The maximum absolute atomic E-state index is 12.8. The van der Waals surface area contributed by atoms with Crippen molar-refractivity contribution >= 4 is 5.97 Å². The standard InChI is InChI=1S/C26H39NO3/c1-19-8-11-23-25(2,13-7-14-26(23,3)24(28)29-4)21(19)10-9-20-12-17-30-22(20)18-27-15-5-6-16-27/h12,17,21,23H,1,5-11,13-16,18H2,2-4H3/t21-,23?,25+,26-/m0/s1. The largest absolute Gasteiger partial charge is 0.469 e. The van der Waals surface area contributed by atoms with Crippen molar-refractivity contribution in [3.05, 3.63) is 35.8 Å². The molecular formula is C26H39NO3. The normalized spacial score (nSPS) is 34.7. The van der Waals surface area contributed by atoms with Crippen LogP contribution in [0.25, 0.3) is 0 Å². The SMILES string of the molecule is C=C1CCC2[C@](C)(CCC[C@]2(C)C(=O)OC)[C@H]1CCc1ccoc1CN1CCCC1. The van der Waals surface area contributed by atoms with Crippen LogP contribution >= 0.6 is 0 Å². The zero-order valence-corrected chi connectivity index (χ0v) is 19.2. The van der Waals surface area contributed by atoms with Gasteiger partial charge in [-0.05, 0) is 100 Å². The van der Waals surface area contributed by atoms with Gasteiger partial charge in [0.1, 0.15) is 5.76 Å². The molecule has 0 bridgehead atoms. The summed E-state index contributed by atoms with van der Waals surface area (Å²) in [7, 11) is 1.54. The van der Waals surface area contributed by atoms with Gasteiger partial charge in [-0.15, -0.1) is 0 Å². The molecule has 0 radical (unpaired) electrons. The van der Waals surface area contributed by atoms with Gasteiger partial charge in [0.25, 0.3) is 0 Å². The number of carbonyl (C=O) groups excluding carboxylic acids is 1. The summed E-state index contributed by atoms with van der Waals surface area (Å²) in [5.74, 6) is 1.95. The topological polar surface area (TPSA) is 42.7 Å². The van der Waals surface area contributed by atoms with Crippen LogP contribution in [-0.2, 0) is 22.5 Å². The van der Waals surface area contributed by atoms with Gasteiger partial charge in [0, 0.05) is 0 Å². The van der Waals surface area contributed by atoms with Gasteiger partial charge >= 0.3 is 5.97 Å². The minimum absolute atomic E-state index is 0.0209. The molecule has 2 aliphatic carbocycles. The number of rotatable bonds is 6. The fraction of sp³-hybridized carbons (Fsp3) is 0.731. The molecule has 4 heteroatoms. The maximum Gasteiger partial charge on any atom is 0.311 e. The predicted molar refractivity (Wildman–Crippen MR) is 119 cm³/mol. The van der Waals surface area contributed by atoms with Crippen LogP contribution in [0.15, 0.2) is 28.9 Å². The molecular weight excluding hydrogens is 374 g/mol. The zero-order chi connectivity index (χ0) is 21.4. The molecule has 0 aromatic carbocycles. The van der Waals surface area contributed by atoms with Gasteiger partial charge in [0.15, 0.2) is 0 Å². The van der Waals surface area contributed by atoms with Crippen molar-refractivity contribution in [3.63, 3.8) is 0 Å². The van der Waals surface area contributed by atoms with E-state index < -0.39 is 0 Å². The molecule has 3 aliphatic rings. The summed E-state index contributed by atoms with van der Waals surface area (Å²) in [6.07, 6.45) is 11.9. The van der Waals surface area contributed by atoms with E-state index in [9.17, 15) is 4.79 Å². The summed E-state index contributed by atoms with van der Waals surface area (Å²) in [5.41, 5.74) is 2.49. The van der Waals surface area contributed by atoms with Crippen molar-refractivity contribution in [3.8, 4) is 0 Å². The molecule has 0 amide bonds. The van der Waals surface area contributed by atoms with Gasteiger partial charge in [0.2, 0.25) is 0 Å². The molecule has 1 aromatic rings. The number of likely N-dealkylation sites (tertiary alicyclic amines) is 1. The van der Waals surface area contributed by atoms with E-state index in [-0.39, 0.29) is 16.8 Å². The number of hydrogen-bond acceptors (Lipinski definition) is 4. The van der Waals surface area contributed by atoms with Gasteiger partial charge in [-0.25, -0.2) is 0 Å². The number of fused-ring (bicyclic) bond motifs is 1. The van der Waals surface area contributed by atoms with Gasteiger partial charge in [-0.1, -0.05) is 25.5 Å². The Hall–Kier alpha value is -1.55. The Bertz CT molecular complexity index is 777. The molecule has 2 heterocycles. The monoisotopic (exact) mass is 413 g/mol. The lowest BCUT2D eigenvalue weighted by Gasteiger charge is -2.57. The van der Waals surface area contributed by atoms with E-state index in [1.54, 1.807) is 7.11 Å². The molecule has 166 valence electrons. The Labute approximate surface area is 182 Å². The van der Waals surface area contributed by atoms with E-state index >= 15 is 0 Å². The van der Waals surface area contributed by atoms with E-state index in [1.807, 2.05) is 6.26 Å². The number of allylic oxidation sites excluding steroid dienone is 1. The highest BCUT2D eigenvalue weighted by Crippen LogP contribution is 2.62. The molecule has 3 fully saturated rings. The number of aryl methyl sites for hydroxylation is 1. The Morgan fingerprint density at radius 1 is 1.27 bits per heavy atom. The lowest BCUT2D eigenvalue weighted by molar-refractivity contribution is -0.168. The lowest BCUT2D eigenvalue weighted by atomic mass is 9.46. The highest BCUT2D eigenvalue weighted by Gasteiger charge is 2.57. The third kappa shape index (κ3) is 3.77. The zero-order valence-electron chi connectivity index (χ0n) is 19.2. The second kappa shape index (κ2) is 8.53. The smallest absolute Gasteiger partial charge is 0.311 e. The molecule has 0 spiro atoms. The Morgan fingerprint density at radius 2 is 2.03 bits per heavy atom. The predicted octanol–water partition coefficient (Wildman–Crippen LogP) is 5.76. The van der Waals surface area contributed by atoms with Crippen molar-refractivity contribution in [2.45, 2.75) is 78.2 Å². The molecule has 0 N–H and O–H groups in total. The molecule has 30 heavy (non-hydrogen) atoms. The molecule has 1 unspecified atom stereocenters. The van der Waals surface area contributed by atoms with Gasteiger partial charge < -0.3 is 9.15 Å². The summed E-state index contributed by atoms with van der Waals surface area (Å²) in [4.78, 5) is 15.3. The van der Waals surface area contributed by atoms with E-state index in [0.717, 1.165) is 50.8 Å². The van der Waals surface area contributed by atoms with Crippen molar-refractivity contribution < 1.29 is 13.9 Å². The van der Waals surface area contributed by atoms with E-state index in [4.69, 9.17) is 9.15 Å². The van der Waals surface area contributed by atoms with E-state index in [1.165, 1.54) is 43.5 Å². The van der Waals surface area contributed by atoms with E-state index in [0.29, 0.717) is 11.8 Å². The first-order chi connectivity index (χ1) is 14.4. The summed E-state index contributed by atoms with van der Waals surface area (Å²) in [5, 5.41) is 0. The third-order valence-corrected chi connectivity index (χ3v) is 8.78. The van der Waals surface area contributed by atoms with Crippen LogP contribution in [0.5, 0.6) is 0 Å². The second-order valence-electron chi connectivity index (χ2n) is 10.5. The number of furan rings is 1. The summed E-state index contributed by atoms with van der Waals surface area (Å²) < 4.78 is 11.1. The molecule has 1 saturated heterocycles. The Kier molecular flexibility index (Phi) is 6.16. The van der Waals surface area contributed by atoms with Crippen LogP contribution < -0.4 is 0 Å². The number of methoxy groups -OCH3 is 1. The van der Waals surface area contributed by atoms with Crippen LogP contribution in [0.2, 0.25) is 0 Å². The minimum atomic E-state index is -0.364. The second-order valence-corrected chi connectivity index (χ2v) is 10.5. The van der Waals surface area contributed by atoms with Gasteiger partial charge in [-0.2, -0.15) is 0 Å². The maximum atomic E-state index is 12.8. The van der Waals surface area contributed by atoms with Gasteiger partial charge in [-0.3, -0.25) is 9.69 Å². The minimum Gasteiger partial charge on any atom is -0.469 e. The lowest BCUT2D eigenvalue weighted by Crippen LogP contribution is -2.53. The number of esters is 1. The Morgan fingerprint density at radius 3 is 2.77 bits per heavy atom. The molecule has 4 nitrogen and oxygen atoms in total. The van der Waals surface area contributed by atoms with E-state index in [2.05, 4.69) is 31.4 Å². The number of ether oxygens (including phenoxy) is 1. The van der Waals surface area contributed by atoms with Crippen LogP contribution in [0.1, 0.15) is 76.5 Å². The molecule has 4 rings (SSSR count). The number of nitrogens with zero attached hydrogens (tertiary/aromatic N) is 1. The highest BCUT2D eigenvalue weighted by atomic mass is 16.5. The van der Waals surface area contributed by atoms with Crippen LogP contribution in [0, 0.1) is 22.7 Å². The summed E-state index contributed by atoms with van der Waals surface area (Å²) in [6.45, 7) is 12.4. The van der Waals surface area contributed by atoms with Crippen molar-refractivity contribution in [1.82, 2.24) is 4.90 Å². The first-order valence-electron chi connectivity index (χ1n) is 11.9. The van der Waals surface area contributed by atoms with Crippen molar-refractivity contribution in [2.75, 3.05) is 20.2 Å². The summed E-state index contributed by atoms with van der Waals surface area (Å²) >= 11 is 0. The molecule has 4 atom stereocenters. The number of carbonyl (C=O) groups is 1. The molecule has 2 saturated carbocycles. The molecule has 1 aromatic heterocycles. The van der Waals surface area contributed by atoms with Crippen LogP contribution in [-0.4, -0.2) is 31.1 Å². The van der Waals surface area contributed by atoms with Crippen molar-refractivity contribution in [2.24, 2.45) is 22.7 Å². The first-order valence-corrected chi connectivity index (χ1v) is 11.9. The average Bonchev–Trinajstić information content (AvgIpc) is 3.39. The van der Waals surface area contributed by atoms with Gasteiger partial charge in [0.05, 0.1) is 25.3 Å². The average molecular weight is 414 g/mol.